The van der Waals surface area contributed by atoms with Gasteiger partial charge in [0, 0.05) is 19.6 Å². The van der Waals surface area contributed by atoms with Gasteiger partial charge in [-0.25, -0.2) is 9.59 Å². The highest BCUT2D eigenvalue weighted by Gasteiger charge is 2.20. The molecular formula is C20H40N4O5. The number of nitrogens with two attached hydrogens (primary N) is 1. The van der Waals surface area contributed by atoms with Crippen molar-refractivity contribution in [1.29, 1.82) is 0 Å². The third kappa shape index (κ3) is 16.6. The van der Waals surface area contributed by atoms with E-state index in [0.717, 1.165) is 12.8 Å². The molecule has 0 saturated carbocycles. The third-order valence-electron chi connectivity index (χ3n) is 4.10. The highest BCUT2D eigenvalue weighted by molar-refractivity contribution is 5.85. The maximum absolute atomic E-state index is 12.2. The fourth-order valence-electron chi connectivity index (χ4n) is 2.26. The van der Waals surface area contributed by atoms with Crippen molar-refractivity contribution >= 4 is 18.1 Å². The van der Waals surface area contributed by atoms with Crippen LogP contribution in [0.15, 0.2) is 0 Å². The Balaban J connectivity index is 4.21. The summed E-state index contributed by atoms with van der Waals surface area (Å²) in [5.74, 6) is 0.614. The van der Waals surface area contributed by atoms with Crippen LogP contribution in [0.4, 0.5) is 9.59 Å². The van der Waals surface area contributed by atoms with Gasteiger partial charge >= 0.3 is 12.2 Å². The molecule has 0 aliphatic heterocycles. The number of hydrogen-bond donors (Lipinski definition) is 4. The van der Waals surface area contributed by atoms with Crippen molar-refractivity contribution in [1.82, 2.24) is 16.0 Å². The molecule has 1 unspecified atom stereocenters. The molecule has 0 heterocycles. The number of unbranched alkanes of at least 4 members (excludes halogenated alkanes) is 1. The van der Waals surface area contributed by atoms with Crippen molar-refractivity contribution in [3.8, 4) is 0 Å². The van der Waals surface area contributed by atoms with E-state index in [1.807, 2.05) is 13.8 Å². The van der Waals surface area contributed by atoms with Crippen LogP contribution >= 0.6 is 0 Å². The van der Waals surface area contributed by atoms with E-state index >= 15 is 0 Å². The standard InChI is InChI=1S/C20H40N4O5/c1-15(2)8-13-28-19(26)23-11-6-5-7-17(18(25)22-12-10-21)24-20(27)29-14-9-16(3)4/h15-17H,5-14,21H2,1-4H3,(H,22,25)(H,23,26)(H,24,27). The first-order valence-corrected chi connectivity index (χ1v) is 10.6. The zero-order valence-electron chi connectivity index (χ0n) is 18.4. The molecule has 29 heavy (non-hydrogen) atoms. The van der Waals surface area contributed by atoms with Gasteiger partial charge in [0.15, 0.2) is 0 Å². The molecule has 0 saturated heterocycles. The molecule has 0 radical (unpaired) electrons. The second-order valence-corrected chi connectivity index (χ2v) is 7.84. The topological polar surface area (TPSA) is 132 Å². The predicted molar refractivity (Wildman–Crippen MR) is 112 cm³/mol. The average molecular weight is 417 g/mol. The van der Waals surface area contributed by atoms with E-state index in [0.29, 0.717) is 63.9 Å². The lowest BCUT2D eigenvalue weighted by Gasteiger charge is -2.18. The van der Waals surface area contributed by atoms with Crippen molar-refractivity contribution < 1.29 is 23.9 Å². The van der Waals surface area contributed by atoms with Crippen molar-refractivity contribution in [2.75, 3.05) is 32.8 Å². The third-order valence-corrected chi connectivity index (χ3v) is 4.10. The molecule has 0 aromatic carbocycles. The summed E-state index contributed by atoms with van der Waals surface area (Å²) < 4.78 is 10.2. The van der Waals surface area contributed by atoms with Crippen LogP contribution in [0.2, 0.25) is 0 Å². The Kier molecular flexibility index (Phi) is 15.7. The van der Waals surface area contributed by atoms with E-state index in [2.05, 4.69) is 29.8 Å². The lowest BCUT2D eigenvalue weighted by molar-refractivity contribution is -0.123. The van der Waals surface area contributed by atoms with Crippen LogP contribution in [0.25, 0.3) is 0 Å². The van der Waals surface area contributed by atoms with Crippen molar-refractivity contribution in [3.63, 3.8) is 0 Å². The summed E-state index contributed by atoms with van der Waals surface area (Å²) in [4.78, 5) is 35.7. The van der Waals surface area contributed by atoms with Crippen molar-refractivity contribution in [3.05, 3.63) is 0 Å². The van der Waals surface area contributed by atoms with Crippen molar-refractivity contribution in [2.24, 2.45) is 17.6 Å². The van der Waals surface area contributed by atoms with Gasteiger partial charge in [-0.15, -0.1) is 0 Å². The molecule has 3 amide bonds. The molecule has 0 rings (SSSR count). The average Bonchev–Trinajstić information content (AvgIpc) is 2.64. The van der Waals surface area contributed by atoms with Gasteiger partial charge in [-0.3, -0.25) is 4.79 Å². The largest absolute Gasteiger partial charge is 0.450 e. The van der Waals surface area contributed by atoms with Crippen LogP contribution in [0, 0.1) is 11.8 Å². The molecule has 0 aliphatic rings. The molecule has 170 valence electrons. The first kappa shape index (κ1) is 27.0. The fourth-order valence-corrected chi connectivity index (χ4v) is 2.26. The summed E-state index contributed by atoms with van der Waals surface area (Å²) in [5, 5.41) is 7.97. The van der Waals surface area contributed by atoms with Crippen molar-refractivity contribution in [2.45, 2.75) is 65.8 Å². The lowest BCUT2D eigenvalue weighted by atomic mass is 10.1. The Morgan fingerprint density at radius 2 is 1.38 bits per heavy atom. The molecule has 0 spiro atoms. The number of carbonyl (C=O) groups is 3. The minimum Gasteiger partial charge on any atom is -0.450 e. The molecule has 0 aliphatic carbocycles. The summed E-state index contributed by atoms with van der Waals surface area (Å²) >= 11 is 0. The Labute approximate surface area is 174 Å². The number of rotatable bonds is 15. The fraction of sp³-hybridized carbons (Fsp3) is 0.850. The highest BCUT2D eigenvalue weighted by Crippen LogP contribution is 2.04. The number of carbonyl (C=O) groups excluding carboxylic acids is 3. The van der Waals surface area contributed by atoms with E-state index in [9.17, 15) is 14.4 Å². The molecule has 0 aromatic rings. The number of ether oxygens (including phenoxy) is 2. The van der Waals surface area contributed by atoms with Gasteiger partial charge in [0.25, 0.3) is 0 Å². The van der Waals surface area contributed by atoms with Gasteiger partial charge in [0.2, 0.25) is 5.91 Å². The molecule has 9 heteroatoms. The summed E-state index contributed by atoms with van der Waals surface area (Å²) in [6.07, 6.45) is 2.27. The van der Waals surface area contributed by atoms with Gasteiger partial charge in [0.05, 0.1) is 13.2 Å². The Morgan fingerprint density at radius 1 is 0.793 bits per heavy atom. The number of amides is 3. The maximum atomic E-state index is 12.2. The van der Waals surface area contributed by atoms with E-state index < -0.39 is 18.2 Å². The Bertz CT molecular complexity index is 472. The molecule has 0 bridgehead atoms. The van der Waals surface area contributed by atoms with Gasteiger partial charge in [-0.1, -0.05) is 27.7 Å². The van der Waals surface area contributed by atoms with Gasteiger partial charge in [-0.05, 0) is 43.9 Å². The lowest BCUT2D eigenvalue weighted by Crippen LogP contribution is -2.48. The smallest absolute Gasteiger partial charge is 0.407 e. The number of alkyl carbamates (subject to hydrolysis) is 2. The summed E-state index contributed by atoms with van der Waals surface area (Å²) in [5.41, 5.74) is 5.41. The number of hydrogen-bond acceptors (Lipinski definition) is 6. The minimum absolute atomic E-state index is 0.294. The van der Waals surface area contributed by atoms with Crippen LogP contribution in [0.1, 0.15) is 59.8 Å². The predicted octanol–water partition coefficient (Wildman–Crippen LogP) is 2.14. The van der Waals surface area contributed by atoms with Crippen LogP contribution in [-0.4, -0.2) is 57.0 Å². The van der Waals surface area contributed by atoms with Crippen LogP contribution < -0.4 is 21.7 Å². The molecule has 5 N–H and O–H groups in total. The number of nitrogens with one attached hydrogen (secondary N) is 3. The van der Waals surface area contributed by atoms with Gasteiger partial charge < -0.3 is 31.2 Å². The normalized spacial score (nSPS) is 11.8. The molecule has 0 fully saturated rings. The molecule has 0 aromatic heterocycles. The quantitative estimate of drug-likeness (QED) is 0.302. The highest BCUT2D eigenvalue weighted by atomic mass is 16.6. The van der Waals surface area contributed by atoms with Crippen LogP contribution in [0.5, 0.6) is 0 Å². The zero-order chi connectivity index (χ0) is 22.1. The SMILES string of the molecule is CC(C)CCOC(=O)NCCCCC(NC(=O)OCCC(C)C)C(=O)NCCN. The Morgan fingerprint density at radius 3 is 1.93 bits per heavy atom. The first-order chi connectivity index (χ1) is 13.8. The van der Waals surface area contributed by atoms with Gasteiger partial charge in [-0.2, -0.15) is 0 Å². The molecule has 9 nitrogen and oxygen atoms in total. The molecular weight excluding hydrogens is 376 g/mol. The minimum atomic E-state index is -0.703. The van der Waals surface area contributed by atoms with E-state index in [-0.39, 0.29) is 5.91 Å². The van der Waals surface area contributed by atoms with Gasteiger partial charge in [0.1, 0.15) is 6.04 Å². The second kappa shape index (κ2) is 16.9. The monoisotopic (exact) mass is 416 g/mol. The van der Waals surface area contributed by atoms with E-state index in [1.165, 1.54) is 0 Å². The second-order valence-electron chi connectivity index (χ2n) is 7.84. The summed E-state index contributed by atoms with van der Waals surface area (Å²) in [7, 11) is 0. The van der Waals surface area contributed by atoms with E-state index in [1.54, 1.807) is 0 Å². The van der Waals surface area contributed by atoms with Crippen LogP contribution in [0.3, 0.4) is 0 Å². The van der Waals surface area contributed by atoms with Crippen LogP contribution in [-0.2, 0) is 14.3 Å². The first-order valence-electron chi connectivity index (χ1n) is 10.6. The summed E-state index contributed by atoms with van der Waals surface area (Å²) in [6.45, 7) is 10.0. The summed E-state index contributed by atoms with van der Waals surface area (Å²) in [6, 6.07) is -0.703. The Hall–Kier alpha value is -2.03. The van der Waals surface area contributed by atoms with E-state index in [4.69, 9.17) is 15.2 Å². The maximum Gasteiger partial charge on any atom is 0.407 e. The zero-order valence-corrected chi connectivity index (χ0v) is 18.4. The molecule has 1 atom stereocenters.